The molecule has 5 heteroatoms. The van der Waals surface area contributed by atoms with Crippen molar-refractivity contribution in [1.82, 2.24) is 5.32 Å². The Bertz CT molecular complexity index is 566. The average molecular weight is 315 g/mol. The Morgan fingerprint density at radius 1 is 1.30 bits per heavy atom. The number of nitrogens with zero attached hydrogens (tertiary/aromatic N) is 1. The van der Waals surface area contributed by atoms with Crippen LogP contribution < -0.4 is 10.6 Å². The van der Waals surface area contributed by atoms with Crippen molar-refractivity contribution in [2.24, 2.45) is 0 Å². The highest BCUT2D eigenvalue weighted by atomic mass is 16.5. The number of para-hydroxylation sites is 1. The molecule has 0 radical (unpaired) electrons. The minimum absolute atomic E-state index is 0.0652. The van der Waals surface area contributed by atoms with E-state index >= 15 is 0 Å². The van der Waals surface area contributed by atoms with Crippen LogP contribution in [0.15, 0.2) is 30.0 Å². The van der Waals surface area contributed by atoms with Crippen LogP contribution in [0.4, 0.5) is 5.69 Å². The molecule has 1 aromatic carbocycles. The number of hydrogen-bond donors (Lipinski definition) is 2. The highest BCUT2D eigenvalue weighted by Crippen LogP contribution is 2.22. The average Bonchev–Trinajstić information content (AvgIpc) is 2.59. The highest BCUT2D eigenvalue weighted by molar-refractivity contribution is 5.97. The highest BCUT2D eigenvalue weighted by Gasteiger charge is 2.09. The van der Waals surface area contributed by atoms with Crippen LogP contribution in [0.1, 0.15) is 31.4 Å². The second-order valence-electron chi connectivity index (χ2n) is 5.07. The molecule has 1 aromatic rings. The number of methoxy groups -OCH3 is 1. The maximum atomic E-state index is 12.0. The van der Waals surface area contributed by atoms with E-state index in [9.17, 15) is 10.1 Å². The largest absolute Gasteiger partial charge is 0.385 e. The standard InChI is InChI=1S/C18H25N3O2/c1-4-14-8-6-9-15(5-2)17(14)21-13-16(12-19)18(22)20-10-7-11-23-3/h6,8-9,13,21H,4-5,7,10-11H2,1-3H3,(H,20,22)/b16-13-. The van der Waals surface area contributed by atoms with Crippen LogP contribution in [-0.4, -0.2) is 26.2 Å². The molecule has 124 valence electrons. The van der Waals surface area contributed by atoms with Gasteiger partial charge in [0.05, 0.1) is 0 Å². The van der Waals surface area contributed by atoms with Crippen LogP contribution in [0.3, 0.4) is 0 Å². The van der Waals surface area contributed by atoms with Gasteiger partial charge in [-0.2, -0.15) is 5.26 Å². The van der Waals surface area contributed by atoms with E-state index in [0.29, 0.717) is 19.6 Å². The zero-order valence-corrected chi connectivity index (χ0v) is 14.1. The maximum Gasteiger partial charge on any atom is 0.263 e. The molecule has 0 atom stereocenters. The van der Waals surface area contributed by atoms with E-state index < -0.39 is 0 Å². The smallest absolute Gasteiger partial charge is 0.263 e. The van der Waals surface area contributed by atoms with Crippen molar-refractivity contribution in [2.75, 3.05) is 25.6 Å². The summed E-state index contributed by atoms with van der Waals surface area (Å²) < 4.78 is 4.92. The van der Waals surface area contributed by atoms with Crippen molar-refractivity contribution in [3.63, 3.8) is 0 Å². The molecule has 0 bridgehead atoms. The molecule has 0 aromatic heterocycles. The van der Waals surface area contributed by atoms with Crippen LogP contribution in [0.25, 0.3) is 0 Å². The molecule has 2 N–H and O–H groups in total. The predicted molar refractivity (Wildman–Crippen MR) is 92.0 cm³/mol. The van der Waals surface area contributed by atoms with Crippen molar-refractivity contribution < 1.29 is 9.53 Å². The van der Waals surface area contributed by atoms with E-state index in [2.05, 4.69) is 24.5 Å². The summed E-state index contributed by atoms with van der Waals surface area (Å²) in [7, 11) is 1.61. The van der Waals surface area contributed by atoms with E-state index in [1.54, 1.807) is 7.11 Å². The van der Waals surface area contributed by atoms with Gasteiger partial charge in [0.15, 0.2) is 0 Å². The third-order valence-corrected chi connectivity index (χ3v) is 3.54. The lowest BCUT2D eigenvalue weighted by molar-refractivity contribution is -0.117. The molecule has 1 amide bonds. The van der Waals surface area contributed by atoms with Crippen LogP contribution in [0.5, 0.6) is 0 Å². The number of carbonyl (C=O) groups excluding carboxylic acids is 1. The van der Waals surface area contributed by atoms with Gasteiger partial charge in [-0.15, -0.1) is 0 Å². The molecule has 0 heterocycles. The van der Waals surface area contributed by atoms with Gasteiger partial charge < -0.3 is 15.4 Å². The predicted octanol–water partition coefficient (Wildman–Crippen LogP) is 2.78. The lowest BCUT2D eigenvalue weighted by atomic mass is 10.0. The fourth-order valence-electron chi connectivity index (χ4n) is 2.23. The van der Waals surface area contributed by atoms with Crippen molar-refractivity contribution in [3.05, 3.63) is 41.1 Å². The zero-order chi connectivity index (χ0) is 17.1. The Labute approximate surface area is 138 Å². The Hall–Kier alpha value is -2.32. The number of ether oxygens (including phenoxy) is 1. The SMILES string of the molecule is CCc1cccc(CC)c1N/C=C(/C#N)C(=O)NCCCOC. The van der Waals surface area contributed by atoms with Gasteiger partial charge in [-0.05, 0) is 30.4 Å². The van der Waals surface area contributed by atoms with Gasteiger partial charge in [-0.1, -0.05) is 32.0 Å². The number of anilines is 1. The molecule has 5 nitrogen and oxygen atoms in total. The topological polar surface area (TPSA) is 74.2 Å². The number of aryl methyl sites for hydroxylation is 2. The van der Waals surface area contributed by atoms with Gasteiger partial charge in [-0.25, -0.2) is 0 Å². The summed E-state index contributed by atoms with van der Waals surface area (Å²) in [6, 6.07) is 8.07. The quantitative estimate of drug-likeness (QED) is 0.417. The van der Waals surface area contributed by atoms with Crippen LogP contribution in [0, 0.1) is 11.3 Å². The lowest BCUT2D eigenvalue weighted by Gasteiger charge is -2.13. The van der Waals surface area contributed by atoms with Crippen molar-refractivity contribution >= 4 is 11.6 Å². The van der Waals surface area contributed by atoms with E-state index in [1.165, 1.54) is 17.3 Å². The summed E-state index contributed by atoms with van der Waals surface area (Å²) in [6.45, 7) is 5.22. The molecular weight excluding hydrogens is 290 g/mol. The first kappa shape index (κ1) is 18.7. The fraction of sp³-hybridized carbons (Fsp3) is 0.444. The second kappa shape index (κ2) is 10.4. The van der Waals surface area contributed by atoms with Crippen molar-refractivity contribution in [2.45, 2.75) is 33.1 Å². The van der Waals surface area contributed by atoms with E-state index in [4.69, 9.17) is 4.74 Å². The Morgan fingerprint density at radius 3 is 2.48 bits per heavy atom. The summed E-state index contributed by atoms with van der Waals surface area (Å²) in [5.74, 6) is -0.372. The minimum Gasteiger partial charge on any atom is -0.385 e. The van der Waals surface area contributed by atoms with Gasteiger partial charge in [0.25, 0.3) is 5.91 Å². The minimum atomic E-state index is -0.372. The number of rotatable bonds is 9. The Balaban J connectivity index is 2.81. The van der Waals surface area contributed by atoms with Gasteiger partial charge in [0, 0.05) is 32.1 Å². The first-order valence-corrected chi connectivity index (χ1v) is 7.92. The number of nitriles is 1. The van der Waals surface area contributed by atoms with E-state index in [1.807, 2.05) is 24.3 Å². The van der Waals surface area contributed by atoms with Crippen molar-refractivity contribution in [1.29, 1.82) is 5.26 Å². The molecule has 0 saturated heterocycles. The molecule has 0 spiro atoms. The number of nitrogens with one attached hydrogen (secondary N) is 2. The number of carbonyl (C=O) groups is 1. The molecule has 1 rings (SSSR count). The lowest BCUT2D eigenvalue weighted by Crippen LogP contribution is -2.26. The van der Waals surface area contributed by atoms with Gasteiger partial charge >= 0.3 is 0 Å². The van der Waals surface area contributed by atoms with Gasteiger partial charge in [0.2, 0.25) is 0 Å². The van der Waals surface area contributed by atoms with Gasteiger partial charge in [0.1, 0.15) is 11.6 Å². The van der Waals surface area contributed by atoms with Crippen molar-refractivity contribution in [3.8, 4) is 6.07 Å². The monoisotopic (exact) mass is 315 g/mol. The van der Waals surface area contributed by atoms with Crippen LogP contribution >= 0.6 is 0 Å². The molecule has 0 aliphatic carbocycles. The van der Waals surface area contributed by atoms with E-state index in [-0.39, 0.29) is 11.5 Å². The Morgan fingerprint density at radius 2 is 1.96 bits per heavy atom. The fourth-order valence-corrected chi connectivity index (χ4v) is 2.23. The number of benzene rings is 1. The summed E-state index contributed by atoms with van der Waals surface area (Å²) in [6.07, 6.45) is 3.97. The summed E-state index contributed by atoms with van der Waals surface area (Å²) in [5, 5.41) is 15.0. The normalized spacial score (nSPS) is 11.0. The molecule has 23 heavy (non-hydrogen) atoms. The Kier molecular flexibility index (Phi) is 8.48. The number of hydrogen-bond acceptors (Lipinski definition) is 4. The van der Waals surface area contributed by atoms with Gasteiger partial charge in [-0.3, -0.25) is 4.79 Å². The second-order valence-corrected chi connectivity index (χ2v) is 5.07. The molecular formula is C18H25N3O2. The summed E-state index contributed by atoms with van der Waals surface area (Å²) >= 11 is 0. The first-order chi connectivity index (χ1) is 11.2. The molecule has 0 aliphatic rings. The third-order valence-electron chi connectivity index (χ3n) is 3.54. The zero-order valence-electron chi connectivity index (χ0n) is 14.1. The molecule has 0 unspecified atom stereocenters. The molecule has 0 aliphatic heterocycles. The third kappa shape index (κ3) is 5.76. The molecule has 0 fully saturated rings. The first-order valence-electron chi connectivity index (χ1n) is 7.92. The van der Waals surface area contributed by atoms with Crippen LogP contribution in [-0.2, 0) is 22.4 Å². The number of amides is 1. The van der Waals surface area contributed by atoms with E-state index in [0.717, 1.165) is 18.5 Å². The summed E-state index contributed by atoms with van der Waals surface area (Å²) in [4.78, 5) is 12.0. The molecule has 0 saturated carbocycles. The maximum absolute atomic E-state index is 12.0. The summed E-state index contributed by atoms with van der Waals surface area (Å²) in [5.41, 5.74) is 3.38. The van der Waals surface area contributed by atoms with Crippen LogP contribution in [0.2, 0.25) is 0 Å².